The van der Waals surface area contributed by atoms with Gasteiger partial charge in [-0.05, 0) is 32.6 Å². The van der Waals surface area contributed by atoms with Crippen LogP contribution in [-0.2, 0) is 4.84 Å². The second-order valence-electron chi connectivity index (χ2n) is 4.51. The van der Waals surface area contributed by atoms with E-state index in [1.165, 1.54) is 12.8 Å². The van der Waals surface area contributed by atoms with Gasteiger partial charge >= 0.3 is 0 Å². The van der Waals surface area contributed by atoms with Gasteiger partial charge in [0.1, 0.15) is 0 Å². The van der Waals surface area contributed by atoms with Crippen molar-refractivity contribution in [2.75, 3.05) is 0 Å². The molecule has 0 aromatic carbocycles. The van der Waals surface area contributed by atoms with Gasteiger partial charge < -0.3 is 0 Å². The molecule has 64 valence electrons. The summed E-state index contributed by atoms with van der Waals surface area (Å²) in [5, 5.41) is 0. The lowest BCUT2D eigenvalue weighted by Gasteiger charge is -2.22. The Labute approximate surface area is 68.3 Å². The molecule has 2 nitrogen and oxygen atoms in total. The summed E-state index contributed by atoms with van der Waals surface area (Å²) in [7, 11) is 0. The van der Waals surface area contributed by atoms with E-state index in [1.54, 1.807) is 0 Å². The van der Waals surface area contributed by atoms with Gasteiger partial charge in [0.2, 0.25) is 0 Å². The Morgan fingerprint density at radius 2 is 2.09 bits per heavy atom. The summed E-state index contributed by atoms with van der Waals surface area (Å²) in [5.41, 5.74) is 3.22. The van der Waals surface area contributed by atoms with Crippen molar-refractivity contribution in [3.05, 3.63) is 0 Å². The van der Waals surface area contributed by atoms with E-state index in [4.69, 9.17) is 4.84 Å². The predicted octanol–water partition coefficient (Wildman–Crippen LogP) is 1.71. The van der Waals surface area contributed by atoms with Gasteiger partial charge in [-0.2, -0.15) is 5.48 Å². The smallest absolute Gasteiger partial charge is 0.0884 e. The molecule has 3 atom stereocenters. The molecule has 0 aromatic rings. The molecule has 1 N–H and O–H groups in total. The lowest BCUT2D eigenvalue weighted by Crippen LogP contribution is -2.30. The molecule has 0 radical (unpaired) electrons. The monoisotopic (exact) mass is 155 g/mol. The molecule has 0 amide bonds. The van der Waals surface area contributed by atoms with Gasteiger partial charge in [-0.3, -0.25) is 4.84 Å². The molecule has 11 heavy (non-hydrogen) atoms. The largest absolute Gasteiger partial charge is 0.295 e. The summed E-state index contributed by atoms with van der Waals surface area (Å²) in [4.78, 5) is 5.53. The average molecular weight is 155 g/mol. The molecule has 0 spiro atoms. The van der Waals surface area contributed by atoms with Crippen molar-refractivity contribution in [1.29, 1.82) is 0 Å². The van der Waals surface area contributed by atoms with Gasteiger partial charge in [0.25, 0.3) is 0 Å². The Kier molecular flexibility index (Phi) is 1.52. The van der Waals surface area contributed by atoms with Crippen LogP contribution in [0.25, 0.3) is 0 Å². The third-order valence-electron chi connectivity index (χ3n) is 3.33. The van der Waals surface area contributed by atoms with Crippen LogP contribution in [0.5, 0.6) is 0 Å². The lowest BCUT2D eigenvalue weighted by molar-refractivity contribution is -0.0502. The number of rotatable bonds is 0. The minimum absolute atomic E-state index is 0.0649. The third-order valence-corrected chi connectivity index (χ3v) is 3.33. The Morgan fingerprint density at radius 3 is 2.73 bits per heavy atom. The molecular weight excluding hydrogens is 138 g/mol. The molecule has 2 heteroatoms. The number of nitrogens with one attached hydrogen (secondary N) is 1. The average Bonchev–Trinajstić information content (AvgIpc) is 2.39. The van der Waals surface area contributed by atoms with Crippen LogP contribution in [0.1, 0.15) is 33.6 Å². The molecule has 0 bridgehead atoms. The fraction of sp³-hybridized carbons (Fsp3) is 1.00. The van der Waals surface area contributed by atoms with Gasteiger partial charge in [-0.1, -0.05) is 6.92 Å². The SMILES string of the molecule is C[C@@H]1CC[C@@H]2[C@H]1NOC2(C)C. The van der Waals surface area contributed by atoms with Gasteiger partial charge in [0, 0.05) is 12.0 Å². The minimum atomic E-state index is 0.0649. The molecule has 2 fully saturated rings. The van der Waals surface area contributed by atoms with Crippen LogP contribution in [0, 0.1) is 11.8 Å². The second-order valence-corrected chi connectivity index (χ2v) is 4.51. The summed E-state index contributed by atoms with van der Waals surface area (Å²) < 4.78 is 0. The first-order valence-corrected chi connectivity index (χ1v) is 4.55. The summed E-state index contributed by atoms with van der Waals surface area (Å²) in [6, 6.07) is 0.616. The molecule has 1 heterocycles. The maximum atomic E-state index is 5.53. The van der Waals surface area contributed by atoms with Crippen LogP contribution in [-0.4, -0.2) is 11.6 Å². The van der Waals surface area contributed by atoms with E-state index in [0.29, 0.717) is 6.04 Å². The Hall–Kier alpha value is -0.0800. The van der Waals surface area contributed by atoms with Gasteiger partial charge in [-0.15, -0.1) is 0 Å². The highest BCUT2D eigenvalue weighted by Crippen LogP contribution is 2.43. The molecule has 0 unspecified atom stereocenters. The highest BCUT2D eigenvalue weighted by molar-refractivity contribution is 4.98. The third kappa shape index (κ3) is 1.00. The minimum Gasteiger partial charge on any atom is -0.295 e. The molecule has 0 aromatic heterocycles. The van der Waals surface area contributed by atoms with Crippen LogP contribution < -0.4 is 5.48 Å². The van der Waals surface area contributed by atoms with Crippen molar-refractivity contribution in [3.8, 4) is 0 Å². The molecular formula is C9H17NO. The Morgan fingerprint density at radius 1 is 1.36 bits per heavy atom. The van der Waals surface area contributed by atoms with Crippen LogP contribution in [0.2, 0.25) is 0 Å². The van der Waals surface area contributed by atoms with Crippen LogP contribution in [0.3, 0.4) is 0 Å². The predicted molar refractivity (Wildman–Crippen MR) is 44.0 cm³/mol. The first kappa shape index (κ1) is 7.56. The molecule has 1 aliphatic carbocycles. The normalized spacial score (nSPS) is 47.7. The van der Waals surface area contributed by atoms with E-state index in [-0.39, 0.29) is 5.60 Å². The lowest BCUT2D eigenvalue weighted by atomic mass is 9.87. The van der Waals surface area contributed by atoms with E-state index in [1.807, 2.05) is 0 Å². The summed E-state index contributed by atoms with van der Waals surface area (Å²) in [6.07, 6.45) is 2.68. The highest BCUT2D eigenvalue weighted by atomic mass is 16.7. The maximum absolute atomic E-state index is 5.53. The maximum Gasteiger partial charge on any atom is 0.0884 e. The Balaban J connectivity index is 2.17. The van der Waals surface area contributed by atoms with Crippen molar-refractivity contribution in [2.24, 2.45) is 11.8 Å². The van der Waals surface area contributed by atoms with Gasteiger partial charge in [0.15, 0.2) is 0 Å². The van der Waals surface area contributed by atoms with Crippen molar-refractivity contribution < 1.29 is 4.84 Å². The zero-order chi connectivity index (χ0) is 8.06. The van der Waals surface area contributed by atoms with E-state index < -0.39 is 0 Å². The molecule has 1 saturated heterocycles. The van der Waals surface area contributed by atoms with Crippen LogP contribution in [0.4, 0.5) is 0 Å². The summed E-state index contributed by atoms with van der Waals surface area (Å²) in [6.45, 7) is 6.67. The number of fused-ring (bicyclic) bond motifs is 1. The van der Waals surface area contributed by atoms with Crippen LogP contribution >= 0.6 is 0 Å². The van der Waals surface area contributed by atoms with Crippen molar-refractivity contribution >= 4 is 0 Å². The fourth-order valence-corrected chi connectivity index (χ4v) is 2.47. The number of hydrogen-bond acceptors (Lipinski definition) is 2. The van der Waals surface area contributed by atoms with E-state index in [0.717, 1.165) is 11.8 Å². The van der Waals surface area contributed by atoms with E-state index >= 15 is 0 Å². The highest BCUT2D eigenvalue weighted by Gasteiger charge is 2.48. The number of hydroxylamine groups is 1. The van der Waals surface area contributed by atoms with Crippen molar-refractivity contribution in [1.82, 2.24) is 5.48 Å². The summed E-state index contributed by atoms with van der Waals surface area (Å²) in [5.74, 6) is 1.53. The van der Waals surface area contributed by atoms with E-state index in [2.05, 4.69) is 26.3 Å². The molecule has 1 aliphatic heterocycles. The Bertz CT molecular complexity index is 167. The van der Waals surface area contributed by atoms with Gasteiger partial charge in [-0.25, -0.2) is 0 Å². The topological polar surface area (TPSA) is 21.3 Å². The molecule has 2 aliphatic rings. The second kappa shape index (κ2) is 2.20. The number of hydrogen-bond donors (Lipinski definition) is 1. The van der Waals surface area contributed by atoms with Crippen molar-refractivity contribution in [2.45, 2.75) is 45.3 Å². The first-order valence-electron chi connectivity index (χ1n) is 4.55. The van der Waals surface area contributed by atoms with Crippen LogP contribution in [0.15, 0.2) is 0 Å². The fourth-order valence-electron chi connectivity index (χ4n) is 2.47. The quantitative estimate of drug-likeness (QED) is 0.575. The first-order chi connectivity index (χ1) is 5.11. The zero-order valence-corrected chi connectivity index (χ0v) is 7.55. The van der Waals surface area contributed by atoms with Gasteiger partial charge in [0.05, 0.1) is 5.60 Å². The standard InChI is InChI=1S/C9H17NO/c1-6-4-5-7-8(6)10-11-9(7,2)3/h6-8,10H,4-5H2,1-3H3/t6-,7-,8+/m1/s1. The van der Waals surface area contributed by atoms with E-state index in [9.17, 15) is 0 Å². The zero-order valence-electron chi connectivity index (χ0n) is 7.55. The summed E-state index contributed by atoms with van der Waals surface area (Å²) >= 11 is 0. The molecule has 2 rings (SSSR count). The van der Waals surface area contributed by atoms with Crippen molar-refractivity contribution in [3.63, 3.8) is 0 Å². The molecule has 1 saturated carbocycles.